The number of aromatic amines is 1. The minimum Gasteiger partial charge on any atom is -0.307 e. The Morgan fingerprint density at radius 1 is 1.35 bits per heavy atom. The van der Waals surface area contributed by atoms with Crippen molar-refractivity contribution in [3.05, 3.63) is 57.0 Å². The lowest BCUT2D eigenvalue weighted by Gasteiger charge is -2.05. The highest BCUT2D eigenvalue weighted by atomic mass is 32.1. The molecule has 3 aromatic rings. The lowest BCUT2D eigenvalue weighted by atomic mass is 10.2. The van der Waals surface area contributed by atoms with Crippen LogP contribution in [0.4, 0.5) is 0 Å². The average molecular weight is 288 g/mol. The number of hydrogen-bond acceptors (Lipinski definition) is 4. The summed E-state index contributed by atoms with van der Waals surface area (Å²) in [6.45, 7) is 0.189. The fourth-order valence-electron chi connectivity index (χ4n) is 2.12. The molecule has 0 fully saturated rings. The molecule has 0 saturated heterocycles. The van der Waals surface area contributed by atoms with E-state index in [1.54, 1.807) is 42.3 Å². The molecule has 6 nitrogen and oxygen atoms in total. The molecule has 0 saturated carbocycles. The van der Waals surface area contributed by atoms with Crippen LogP contribution < -0.4 is 11.2 Å². The van der Waals surface area contributed by atoms with Crippen molar-refractivity contribution in [2.45, 2.75) is 11.4 Å². The van der Waals surface area contributed by atoms with Crippen LogP contribution >= 0.6 is 12.6 Å². The second-order valence-corrected chi connectivity index (χ2v) is 5.09. The van der Waals surface area contributed by atoms with Crippen molar-refractivity contribution in [2.24, 2.45) is 7.05 Å². The molecule has 0 aliphatic rings. The van der Waals surface area contributed by atoms with Gasteiger partial charge in [-0.2, -0.15) is 5.10 Å². The van der Waals surface area contributed by atoms with Crippen molar-refractivity contribution in [1.82, 2.24) is 19.3 Å². The first-order valence-corrected chi connectivity index (χ1v) is 6.43. The number of nitrogens with one attached hydrogen (secondary N) is 1. The number of aromatic nitrogens is 4. The molecule has 3 rings (SSSR count). The van der Waals surface area contributed by atoms with Gasteiger partial charge in [0.1, 0.15) is 0 Å². The minimum atomic E-state index is -0.432. The van der Waals surface area contributed by atoms with Crippen LogP contribution in [0, 0.1) is 0 Å². The van der Waals surface area contributed by atoms with E-state index in [-0.39, 0.29) is 12.1 Å². The standard InChI is InChI=1S/C13H12N4O2S/c1-16-6-8(5-14-16)7-17-12(18)10-4-9(20)2-3-11(10)15-13(17)19/h2-6,20H,7H2,1H3,(H,15,19). The summed E-state index contributed by atoms with van der Waals surface area (Å²) in [5.41, 5.74) is 0.545. The molecule has 2 aromatic heterocycles. The topological polar surface area (TPSA) is 72.7 Å². The van der Waals surface area contributed by atoms with Gasteiger partial charge in [0.15, 0.2) is 0 Å². The van der Waals surface area contributed by atoms with Crippen LogP contribution in [0.1, 0.15) is 5.56 Å². The van der Waals surface area contributed by atoms with E-state index in [0.29, 0.717) is 15.8 Å². The largest absolute Gasteiger partial charge is 0.329 e. The molecule has 0 atom stereocenters. The van der Waals surface area contributed by atoms with Crippen LogP contribution in [0.25, 0.3) is 10.9 Å². The molecule has 0 aliphatic heterocycles. The van der Waals surface area contributed by atoms with Crippen LogP contribution in [-0.2, 0) is 13.6 Å². The molecule has 2 heterocycles. The van der Waals surface area contributed by atoms with Crippen LogP contribution in [0.3, 0.4) is 0 Å². The van der Waals surface area contributed by atoms with Gasteiger partial charge in [-0.1, -0.05) is 0 Å². The van der Waals surface area contributed by atoms with Gasteiger partial charge in [-0.25, -0.2) is 4.79 Å². The first kappa shape index (κ1) is 12.7. The summed E-state index contributed by atoms with van der Waals surface area (Å²) in [6.07, 6.45) is 3.40. The van der Waals surface area contributed by atoms with Crippen LogP contribution in [0.2, 0.25) is 0 Å². The lowest BCUT2D eigenvalue weighted by Crippen LogP contribution is -2.35. The van der Waals surface area contributed by atoms with Gasteiger partial charge >= 0.3 is 5.69 Å². The molecule has 1 aromatic carbocycles. The summed E-state index contributed by atoms with van der Waals surface area (Å²) < 4.78 is 2.79. The number of aryl methyl sites for hydroxylation is 1. The van der Waals surface area contributed by atoms with Crippen molar-refractivity contribution in [3.8, 4) is 0 Å². The van der Waals surface area contributed by atoms with Gasteiger partial charge in [0.2, 0.25) is 0 Å². The first-order chi connectivity index (χ1) is 9.54. The highest BCUT2D eigenvalue weighted by Crippen LogP contribution is 2.12. The summed E-state index contributed by atoms with van der Waals surface area (Å²) in [5, 5.41) is 4.47. The molecule has 0 aliphatic carbocycles. The van der Waals surface area contributed by atoms with Crippen molar-refractivity contribution in [3.63, 3.8) is 0 Å². The Bertz CT molecular complexity index is 907. The van der Waals surface area contributed by atoms with Gasteiger partial charge in [-0.3, -0.25) is 14.0 Å². The number of H-pyrrole nitrogens is 1. The van der Waals surface area contributed by atoms with Crippen molar-refractivity contribution >= 4 is 23.5 Å². The molecule has 0 amide bonds. The maximum absolute atomic E-state index is 12.4. The van der Waals surface area contributed by atoms with E-state index in [2.05, 4.69) is 22.7 Å². The third-order valence-corrected chi connectivity index (χ3v) is 3.34. The zero-order valence-corrected chi connectivity index (χ0v) is 11.6. The lowest BCUT2D eigenvalue weighted by molar-refractivity contribution is 0.709. The number of thiol groups is 1. The van der Waals surface area contributed by atoms with Gasteiger partial charge < -0.3 is 4.98 Å². The Hall–Kier alpha value is -2.28. The molecule has 7 heteroatoms. The highest BCUT2D eigenvalue weighted by molar-refractivity contribution is 7.80. The van der Waals surface area contributed by atoms with Crippen molar-refractivity contribution in [2.75, 3.05) is 0 Å². The van der Waals surface area contributed by atoms with E-state index in [0.717, 1.165) is 10.1 Å². The fraction of sp³-hybridized carbons (Fsp3) is 0.154. The molecular weight excluding hydrogens is 276 g/mol. The molecule has 0 unspecified atom stereocenters. The van der Waals surface area contributed by atoms with Crippen molar-refractivity contribution < 1.29 is 0 Å². The van der Waals surface area contributed by atoms with E-state index in [4.69, 9.17) is 0 Å². The first-order valence-electron chi connectivity index (χ1n) is 5.98. The quantitative estimate of drug-likeness (QED) is 0.684. The molecule has 0 radical (unpaired) electrons. The second kappa shape index (κ2) is 4.68. The zero-order valence-electron chi connectivity index (χ0n) is 10.7. The summed E-state index contributed by atoms with van der Waals surface area (Å²) in [5.74, 6) is 0. The normalized spacial score (nSPS) is 11.1. The number of nitrogens with zero attached hydrogens (tertiary/aromatic N) is 3. The Kier molecular flexibility index (Phi) is 2.98. The van der Waals surface area contributed by atoms with Gasteiger partial charge in [0.05, 0.1) is 23.6 Å². The van der Waals surface area contributed by atoms with Gasteiger partial charge in [0.25, 0.3) is 5.56 Å². The Morgan fingerprint density at radius 3 is 2.85 bits per heavy atom. The smallest absolute Gasteiger partial charge is 0.307 e. The Labute approximate surface area is 119 Å². The third-order valence-electron chi connectivity index (χ3n) is 3.06. The molecule has 0 bridgehead atoms. The maximum atomic E-state index is 12.4. The SMILES string of the molecule is Cn1cc(Cn2c(=O)[nH]c3ccc(S)cc3c2=O)cn1. The predicted molar refractivity (Wildman–Crippen MR) is 78.4 cm³/mol. The van der Waals surface area contributed by atoms with E-state index < -0.39 is 5.69 Å². The van der Waals surface area contributed by atoms with Crippen molar-refractivity contribution in [1.29, 1.82) is 0 Å². The molecular formula is C13H12N4O2S. The Balaban J connectivity index is 2.20. The summed E-state index contributed by atoms with van der Waals surface area (Å²) in [6, 6.07) is 5.05. The molecule has 102 valence electrons. The average Bonchev–Trinajstić information content (AvgIpc) is 2.81. The van der Waals surface area contributed by atoms with E-state index in [1.165, 1.54) is 0 Å². The zero-order chi connectivity index (χ0) is 14.3. The fourth-order valence-corrected chi connectivity index (χ4v) is 2.32. The molecule has 0 spiro atoms. The van der Waals surface area contributed by atoms with E-state index >= 15 is 0 Å². The number of benzene rings is 1. The molecule has 20 heavy (non-hydrogen) atoms. The second-order valence-electron chi connectivity index (χ2n) is 4.57. The van der Waals surface area contributed by atoms with E-state index in [1.807, 2.05) is 0 Å². The van der Waals surface area contributed by atoms with Crippen LogP contribution in [-0.4, -0.2) is 19.3 Å². The van der Waals surface area contributed by atoms with Gasteiger partial charge in [-0.15, -0.1) is 12.6 Å². The van der Waals surface area contributed by atoms with Crippen LogP contribution in [0.15, 0.2) is 45.1 Å². The number of fused-ring (bicyclic) bond motifs is 1. The number of rotatable bonds is 2. The highest BCUT2D eigenvalue weighted by Gasteiger charge is 2.09. The monoisotopic (exact) mass is 288 g/mol. The third kappa shape index (κ3) is 2.16. The van der Waals surface area contributed by atoms with Crippen LogP contribution in [0.5, 0.6) is 0 Å². The van der Waals surface area contributed by atoms with E-state index in [9.17, 15) is 9.59 Å². The molecule has 1 N–H and O–H groups in total. The van der Waals surface area contributed by atoms with Gasteiger partial charge in [-0.05, 0) is 18.2 Å². The Morgan fingerprint density at radius 2 is 2.15 bits per heavy atom. The minimum absolute atomic E-state index is 0.189. The van der Waals surface area contributed by atoms with Gasteiger partial charge in [0, 0.05) is 23.7 Å². The predicted octanol–water partition coefficient (Wildman–Crippen LogP) is 0.760. The maximum Gasteiger partial charge on any atom is 0.329 e. The summed E-state index contributed by atoms with van der Waals surface area (Å²) in [4.78, 5) is 27.8. The summed E-state index contributed by atoms with van der Waals surface area (Å²) >= 11 is 4.22. The number of hydrogen-bond donors (Lipinski definition) is 2. The summed E-state index contributed by atoms with van der Waals surface area (Å²) in [7, 11) is 1.78.